The van der Waals surface area contributed by atoms with Crippen LogP contribution in [0.2, 0.25) is 0 Å². The van der Waals surface area contributed by atoms with Gasteiger partial charge in [-0.2, -0.15) is 0 Å². The van der Waals surface area contributed by atoms with E-state index < -0.39 is 0 Å². The van der Waals surface area contributed by atoms with Crippen LogP contribution in [0.15, 0.2) is 42.6 Å². The highest BCUT2D eigenvalue weighted by atomic mass is 19.1. The van der Waals surface area contributed by atoms with Gasteiger partial charge in [0.1, 0.15) is 17.5 Å². The molecule has 0 atom stereocenters. The molecule has 3 N–H and O–H groups in total. The smallest absolute Gasteiger partial charge is 0.133 e. The van der Waals surface area contributed by atoms with Crippen LogP contribution < -0.4 is 10.6 Å². The second-order valence-electron chi connectivity index (χ2n) is 4.04. The minimum Gasteiger partial charge on any atom is -0.384 e. The van der Waals surface area contributed by atoms with E-state index in [1.807, 2.05) is 11.8 Å². The summed E-state index contributed by atoms with van der Waals surface area (Å²) < 4.78 is 12.9. The first kappa shape index (κ1) is 13.0. The van der Waals surface area contributed by atoms with Crippen LogP contribution in [0.1, 0.15) is 12.5 Å². The van der Waals surface area contributed by atoms with Crippen LogP contribution in [0.4, 0.5) is 15.9 Å². The molecule has 0 saturated carbocycles. The van der Waals surface area contributed by atoms with Gasteiger partial charge in [-0.05, 0) is 43.3 Å². The third kappa shape index (κ3) is 2.88. The van der Waals surface area contributed by atoms with E-state index >= 15 is 0 Å². The zero-order valence-electron chi connectivity index (χ0n) is 10.6. The zero-order chi connectivity index (χ0) is 13.8. The first-order chi connectivity index (χ1) is 9.11. The van der Waals surface area contributed by atoms with Crippen LogP contribution >= 0.6 is 0 Å². The Morgan fingerprint density at radius 2 is 2.00 bits per heavy atom. The molecule has 2 rings (SSSR count). The van der Waals surface area contributed by atoms with Gasteiger partial charge in [0, 0.05) is 24.0 Å². The zero-order valence-corrected chi connectivity index (χ0v) is 10.6. The number of anilines is 2. The average Bonchev–Trinajstić information content (AvgIpc) is 2.42. The molecule has 5 heteroatoms. The highest BCUT2D eigenvalue weighted by Crippen LogP contribution is 2.23. The predicted molar refractivity (Wildman–Crippen MR) is 74.3 cm³/mol. The third-order valence-electron chi connectivity index (χ3n) is 2.79. The number of benzene rings is 1. The van der Waals surface area contributed by atoms with Crippen molar-refractivity contribution >= 4 is 17.3 Å². The molecule has 0 unspecified atom stereocenters. The van der Waals surface area contributed by atoms with Gasteiger partial charge in [0.15, 0.2) is 0 Å². The van der Waals surface area contributed by atoms with Crippen LogP contribution in [0, 0.1) is 11.2 Å². The van der Waals surface area contributed by atoms with Gasteiger partial charge in [0.25, 0.3) is 0 Å². The van der Waals surface area contributed by atoms with Crippen LogP contribution in [0.5, 0.6) is 0 Å². The number of hydrogen-bond acceptors (Lipinski definition) is 3. The molecule has 19 heavy (non-hydrogen) atoms. The summed E-state index contributed by atoms with van der Waals surface area (Å²) >= 11 is 0. The summed E-state index contributed by atoms with van der Waals surface area (Å²) in [6, 6.07) is 9.64. The van der Waals surface area contributed by atoms with Gasteiger partial charge >= 0.3 is 0 Å². The summed E-state index contributed by atoms with van der Waals surface area (Å²) in [6.45, 7) is 2.66. The van der Waals surface area contributed by atoms with E-state index in [2.05, 4.69) is 4.98 Å². The monoisotopic (exact) mass is 258 g/mol. The largest absolute Gasteiger partial charge is 0.384 e. The Bertz CT molecular complexity index is 580. The Hall–Kier alpha value is -2.43. The van der Waals surface area contributed by atoms with Crippen LogP contribution in [-0.4, -0.2) is 17.4 Å². The van der Waals surface area contributed by atoms with Crippen molar-refractivity contribution < 1.29 is 4.39 Å². The van der Waals surface area contributed by atoms with Crippen molar-refractivity contribution in [2.24, 2.45) is 5.73 Å². The Balaban J connectivity index is 2.39. The number of rotatable bonds is 4. The van der Waals surface area contributed by atoms with Crippen molar-refractivity contribution in [1.82, 2.24) is 4.98 Å². The maximum Gasteiger partial charge on any atom is 0.133 e. The fourth-order valence-corrected chi connectivity index (χ4v) is 1.83. The molecule has 0 amide bonds. The number of pyridine rings is 1. The second kappa shape index (κ2) is 5.48. The van der Waals surface area contributed by atoms with Gasteiger partial charge in [0.05, 0.1) is 0 Å². The molecule has 0 fully saturated rings. The topological polar surface area (TPSA) is 66.0 Å². The molecule has 98 valence electrons. The molecule has 0 saturated heterocycles. The van der Waals surface area contributed by atoms with E-state index in [0.717, 1.165) is 5.69 Å². The summed E-state index contributed by atoms with van der Waals surface area (Å²) in [7, 11) is 0. The van der Waals surface area contributed by atoms with Crippen LogP contribution in [-0.2, 0) is 0 Å². The number of hydrogen-bond donors (Lipinski definition) is 2. The van der Waals surface area contributed by atoms with Gasteiger partial charge in [-0.1, -0.05) is 0 Å². The lowest BCUT2D eigenvalue weighted by molar-refractivity contribution is 0.628. The van der Waals surface area contributed by atoms with Gasteiger partial charge < -0.3 is 10.6 Å². The van der Waals surface area contributed by atoms with Gasteiger partial charge in [-0.3, -0.25) is 5.41 Å². The predicted octanol–water partition coefficient (Wildman–Crippen LogP) is 2.66. The molecule has 0 aliphatic rings. The minimum atomic E-state index is -0.273. The molecule has 1 aromatic carbocycles. The highest BCUT2D eigenvalue weighted by molar-refractivity contribution is 5.95. The third-order valence-corrected chi connectivity index (χ3v) is 2.79. The van der Waals surface area contributed by atoms with Crippen molar-refractivity contribution in [3.05, 3.63) is 54.0 Å². The van der Waals surface area contributed by atoms with Crippen LogP contribution in [0.25, 0.3) is 0 Å². The first-order valence-corrected chi connectivity index (χ1v) is 5.95. The number of aromatic nitrogens is 1. The molecule has 1 heterocycles. The summed E-state index contributed by atoms with van der Waals surface area (Å²) in [5.41, 5.74) is 6.93. The molecule has 0 aliphatic heterocycles. The number of nitrogen functional groups attached to an aromatic ring is 1. The normalized spacial score (nSPS) is 10.2. The van der Waals surface area contributed by atoms with Crippen molar-refractivity contribution in [3.8, 4) is 0 Å². The van der Waals surface area contributed by atoms with Gasteiger partial charge in [-0.15, -0.1) is 0 Å². The summed E-state index contributed by atoms with van der Waals surface area (Å²) in [4.78, 5) is 6.19. The number of halogens is 1. The summed E-state index contributed by atoms with van der Waals surface area (Å²) in [5, 5.41) is 7.44. The Labute approximate surface area is 111 Å². The molecule has 0 bridgehead atoms. The average molecular weight is 258 g/mol. The SMILES string of the molecule is CCN(c1ccc(F)cc1)c1cc(C(=N)N)ccn1. The lowest BCUT2D eigenvalue weighted by atomic mass is 10.2. The number of nitrogens with zero attached hydrogens (tertiary/aromatic N) is 2. The number of nitrogens with one attached hydrogen (secondary N) is 1. The van der Waals surface area contributed by atoms with Crippen molar-refractivity contribution in [2.75, 3.05) is 11.4 Å². The number of nitrogens with two attached hydrogens (primary N) is 1. The second-order valence-corrected chi connectivity index (χ2v) is 4.04. The van der Waals surface area contributed by atoms with E-state index in [0.29, 0.717) is 17.9 Å². The Morgan fingerprint density at radius 1 is 1.32 bits per heavy atom. The molecular formula is C14H15FN4. The fourth-order valence-electron chi connectivity index (χ4n) is 1.83. The molecule has 0 radical (unpaired) electrons. The fraction of sp³-hybridized carbons (Fsp3) is 0.143. The van der Waals surface area contributed by atoms with Gasteiger partial charge in [-0.25, -0.2) is 9.37 Å². The van der Waals surface area contributed by atoms with E-state index in [-0.39, 0.29) is 11.7 Å². The Kier molecular flexibility index (Phi) is 3.75. The molecule has 0 aliphatic carbocycles. The van der Waals surface area contributed by atoms with Crippen molar-refractivity contribution in [3.63, 3.8) is 0 Å². The van der Waals surface area contributed by atoms with Crippen molar-refractivity contribution in [1.29, 1.82) is 5.41 Å². The van der Waals surface area contributed by atoms with E-state index in [1.165, 1.54) is 12.1 Å². The van der Waals surface area contributed by atoms with Crippen LogP contribution in [0.3, 0.4) is 0 Å². The van der Waals surface area contributed by atoms with E-state index in [1.54, 1.807) is 30.5 Å². The quantitative estimate of drug-likeness (QED) is 0.654. The maximum absolute atomic E-state index is 12.9. The summed E-state index contributed by atoms with van der Waals surface area (Å²) in [6.07, 6.45) is 1.61. The standard InChI is InChI=1S/C14H15FN4/c1-2-19(12-5-3-11(15)4-6-12)13-9-10(14(16)17)7-8-18-13/h3-9H,2H2,1H3,(H3,16,17). The highest BCUT2D eigenvalue weighted by Gasteiger charge is 2.10. The molecule has 2 aromatic rings. The maximum atomic E-state index is 12.9. The lowest BCUT2D eigenvalue weighted by Gasteiger charge is -2.22. The van der Waals surface area contributed by atoms with Gasteiger partial charge in [0.2, 0.25) is 0 Å². The molecule has 4 nitrogen and oxygen atoms in total. The van der Waals surface area contributed by atoms with E-state index in [9.17, 15) is 4.39 Å². The summed E-state index contributed by atoms with van der Waals surface area (Å²) in [5.74, 6) is 0.408. The molecule has 0 spiro atoms. The first-order valence-electron chi connectivity index (χ1n) is 5.95. The molecular weight excluding hydrogens is 243 g/mol. The van der Waals surface area contributed by atoms with E-state index in [4.69, 9.17) is 11.1 Å². The Morgan fingerprint density at radius 3 is 2.58 bits per heavy atom. The molecule has 1 aromatic heterocycles. The number of amidine groups is 1. The lowest BCUT2D eigenvalue weighted by Crippen LogP contribution is -2.19. The minimum absolute atomic E-state index is 0.00110. The van der Waals surface area contributed by atoms with Crippen molar-refractivity contribution in [2.45, 2.75) is 6.92 Å².